The molecular weight excluding hydrogens is 236 g/mol. The van der Waals surface area contributed by atoms with Gasteiger partial charge in [0.05, 0.1) is 23.4 Å². The summed E-state index contributed by atoms with van der Waals surface area (Å²) in [5.41, 5.74) is 1.07. The van der Waals surface area contributed by atoms with E-state index >= 15 is 0 Å². The van der Waals surface area contributed by atoms with Crippen molar-refractivity contribution in [2.24, 2.45) is 0 Å². The first-order valence-electron chi connectivity index (χ1n) is 6.06. The lowest BCUT2D eigenvalue weighted by molar-refractivity contribution is 0.111. The second-order valence-electron chi connectivity index (χ2n) is 4.28. The molecule has 2 heterocycles. The van der Waals surface area contributed by atoms with Crippen LogP contribution in [0, 0.1) is 0 Å². The fraction of sp³-hybridized carbons (Fsp3) is 0.750. The minimum Gasteiger partial charge on any atom is -0.378 e. The molecule has 5 heteroatoms. The summed E-state index contributed by atoms with van der Waals surface area (Å²) in [6.45, 7) is 2.37. The summed E-state index contributed by atoms with van der Waals surface area (Å²) in [6, 6.07) is 0. The van der Waals surface area contributed by atoms with Crippen LogP contribution in [0.15, 0.2) is 0 Å². The summed E-state index contributed by atoms with van der Waals surface area (Å²) in [5, 5.41) is 4.35. The van der Waals surface area contributed by atoms with Crippen molar-refractivity contribution in [3.05, 3.63) is 15.6 Å². The molecular formula is C12H20N2O2S. The van der Waals surface area contributed by atoms with E-state index in [0.29, 0.717) is 12.7 Å². The zero-order valence-corrected chi connectivity index (χ0v) is 11.3. The molecule has 0 saturated carbocycles. The highest BCUT2D eigenvalue weighted by atomic mass is 32.1. The molecule has 1 aromatic rings. The summed E-state index contributed by atoms with van der Waals surface area (Å²) < 4.78 is 10.8. The Morgan fingerprint density at radius 3 is 3.12 bits per heavy atom. The third-order valence-electron chi connectivity index (χ3n) is 2.87. The molecule has 1 aliphatic heterocycles. The molecule has 0 aromatic carbocycles. The van der Waals surface area contributed by atoms with Gasteiger partial charge in [-0.25, -0.2) is 4.98 Å². The van der Waals surface area contributed by atoms with Gasteiger partial charge in [-0.1, -0.05) is 0 Å². The van der Waals surface area contributed by atoms with Gasteiger partial charge >= 0.3 is 0 Å². The fourth-order valence-electron chi connectivity index (χ4n) is 2.07. The number of hydrogen-bond acceptors (Lipinski definition) is 5. The maximum atomic E-state index is 5.65. The van der Waals surface area contributed by atoms with Gasteiger partial charge < -0.3 is 14.8 Å². The maximum absolute atomic E-state index is 5.65. The Kier molecular flexibility index (Phi) is 4.91. The summed E-state index contributed by atoms with van der Waals surface area (Å²) in [4.78, 5) is 5.94. The molecule has 2 rings (SSSR count). The van der Waals surface area contributed by atoms with E-state index in [1.54, 1.807) is 18.4 Å². The summed E-state index contributed by atoms with van der Waals surface area (Å²) in [5.74, 6) is 0. The van der Waals surface area contributed by atoms with Gasteiger partial charge in [0, 0.05) is 31.6 Å². The third kappa shape index (κ3) is 3.48. The van der Waals surface area contributed by atoms with Gasteiger partial charge in [-0.3, -0.25) is 0 Å². The topological polar surface area (TPSA) is 43.4 Å². The van der Waals surface area contributed by atoms with Crippen LogP contribution in [0.2, 0.25) is 0 Å². The Labute approximate surface area is 106 Å². The molecule has 1 saturated heterocycles. The van der Waals surface area contributed by atoms with Gasteiger partial charge in [-0.2, -0.15) is 0 Å². The van der Waals surface area contributed by atoms with E-state index in [2.05, 4.69) is 10.3 Å². The molecule has 0 bridgehead atoms. The monoisotopic (exact) mass is 256 g/mol. The first kappa shape index (κ1) is 13.0. The van der Waals surface area contributed by atoms with Crippen LogP contribution in [0.3, 0.4) is 0 Å². The number of thiazole rings is 1. The Morgan fingerprint density at radius 2 is 2.47 bits per heavy atom. The first-order chi connectivity index (χ1) is 8.33. The molecule has 1 unspecified atom stereocenters. The quantitative estimate of drug-likeness (QED) is 0.842. The van der Waals surface area contributed by atoms with Crippen molar-refractivity contribution in [3.8, 4) is 0 Å². The minimum absolute atomic E-state index is 0.374. The smallest absolute Gasteiger partial charge is 0.0958 e. The Morgan fingerprint density at radius 1 is 1.59 bits per heavy atom. The molecule has 4 nitrogen and oxygen atoms in total. The Hall–Kier alpha value is -0.490. The largest absolute Gasteiger partial charge is 0.378 e. The number of ether oxygens (including phenoxy) is 2. The molecule has 0 spiro atoms. The molecule has 1 aromatic heterocycles. The summed E-state index contributed by atoms with van der Waals surface area (Å²) in [6.07, 6.45) is 3.68. The summed E-state index contributed by atoms with van der Waals surface area (Å²) >= 11 is 1.78. The van der Waals surface area contributed by atoms with Crippen molar-refractivity contribution in [2.75, 3.05) is 20.8 Å². The van der Waals surface area contributed by atoms with Crippen molar-refractivity contribution >= 4 is 11.3 Å². The molecule has 1 N–H and O–H groups in total. The number of hydrogen-bond donors (Lipinski definition) is 1. The average Bonchev–Trinajstić information content (AvgIpc) is 2.91. The van der Waals surface area contributed by atoms with E-state index in [9.17, 15) is 0 Å². The fourth-order valence-corrected chi connectivity index (χ4v) is 3.22. The second kappa shape index (κ2) is 6.44. The van der Waals surface area contributed by atoms with E-state index in [4.69, 9.17) is 9.47 Å². The highest BCUT2D eigenvalue weighted by Gasteiger charge is 2.19. The minimum atomic E-state index is 0.374. The molecule has 17 heavy (non-hydrogen) atoms. The van der Waals surface area contributed by atoms with Gasteiger partial charge in [0.15, 0.2) is 0 Å². The van der Waals surface area contributed by atoms with E-state index in [1.807, 2.05) is 7.05 Å². The number of rotatable bonds is 6. The van der Waals surface area contributed by atoms with Crippen molar-refractivity contribution in [3.63, 3.8) is 0 Å². The normalized spacial score (nSPS) is 20.0. The highest BCUT2D eigenvalue weighted by Crippen LogP contribution is 2.24. The van der Waals surface area contributed by atoms with Crippen molar-refractivity contribution < 1.29 is 9.47 Å². The van der Waals surface area contributed by atoms with E-state index < -0.39 is 0 Å². The maximum Gasteiger partial charge on any atom is 0.0958 e. The second-order valence-corrected chi connectivity index (χ2v) is 5.45. The third-order valence-corrected chi connectivity index (χ3v) is 3.99. The highest BCUT2D eigenvalue weighted by molar-refractivity contribution is 7.11. The molecule has 0 radical (unpaired) electrons. The lowest BCUT2D eigenvalue weighted by Crippen LogP contribution is -2.08. The number of nitrogens with zero attached hydrogens (tertiary/aromatic N) is 1. The van der Waals surface area contributed by atoms with Crippen molar-refractivity contribution in [2.45, 2.75) is 38.5 Å². The van der Waals surface area contributed by atoms with E-state index in [-0.39, 0.29) is 0 Å². The first-order valence-corrected chi connectivity index (χ1v) is 6.87. The summed E-state index contributed by atoms with van der Waals surface area (Å²) in [7, 11) is 3.66. The predicted octanol–water partition coefficient (Wildman–Crippen LogP) is 1.73. The van der Waals surface area contributed by atoms with Crippen LogP contribution in [-0.4, -0.2) is 31.9 Å². The van der Waals surface area contributed by atoms with Crippen molar-refractivity contribution in [1.29, 1.82) is 0 Å². The van der Waals surface area contributed by atoms with Gasteiger partial charge in [0.25, 0.3) is 0 Å². The van der Waals surface area contributed by atoms with Crippen LogP contribution in [0.1, 0.15) is 28.4 Å². The molecule has 1 aliphatic rings. The van der Waals surface area contributed by atoms with Crippen LogP contribution < -0.4 is 5.32 Å². The van der Waals surface area contributed by atoms with Crippen LogP contribution in [0.5, 0.6) is 0 Å². The number of methoxy groups -OCH3 is 1. The zero-order valence-electron chi connectivity index (χ0n) is 10.5. The zero-order chi connectivity index (χ0) is 12.1. The Bertz CT molecular complexity index is 325. The number of nitrogens with one attached hydrogen (secondary N) is 1. The van der Waals surface area contributed by atoms with Gasteiger partial charge in [0.1, 0.15) is 0 Å². The van der Waals surface area contributed by atoms with Crippen LogP contribution in [0.4, 0.5) is 0 Å². The molecule has 0 amide bonds. The van der Waals surface area contributed by atoms with Crippen molar-refractivity contribution in [1.82, 2.24) is 10.3 Å². The average molecular weight is 256 g/mol. The lowest BCUT2D eigenvalue weighted by atomic mass is 10.2. The standard InChI is InChI=1S/C12H20N2O2S/c1-13-7-11-10(8-15-2)14-12(17-11)6-9-4-3-5-16-9/h9,13H,3-8H2,1-2H3. The van der Waals surface area contributed by atoms with Gasteiger partial charge in [-0.05, 0) is 19.9 Å². The molecule has 1 fully saturated rings. The lowest BCUT2D eigenvalue weighted by Gasteiger charge is -2.05. The number of aromatic nitrogens is 1. The van der Waals surface area contributed by atoms with E-state index in [1.165, 1.54) is 22.7 Å². The van der Waals surface area contributed by atoms with Gasteiger partial charge in [0.2, 0.25) is 0 Å². The molecule has 0 aliphatic carbocycles. The Balaban J connectivity index is 2.03. The molecule has 96 valence electrons. The van der Waals surface area contributed by atoms with Crippen LogP contribution in [0.25, 0.3) is 0 Å². The molecule has 1 atom stereocenters. The SMILES string of the molecule is CNCc1sc(CC2CCCO2)nc1COC. The van der Waals surface area contributed by atoms with Crippen LogP contribution >= 0.6 is 11.3 Å². The predicted molar refractivity (Wildman–Crippen MR) is 68.3 cm³/mol. The van der Waals surface area contributed by atoms with Gasteiger partial charge in [-0.15, -0.1) is 11.3 Å². The van der Waals surface area contributed by atoms with Crippen LogP contribution in [-0.2, 0) is 29.0 Å². The van der Waals surface area contributed by atoms with E-state index in [0.717, 1.165) is 25.3 Å².